The molecular weight excluding hydrogens is 184 g/mol. The van der Waals surface area contributed by atoms with Crippen LogP contribution in [-0.4, -0.2) is 28.7 Å². The Hall–Kier alpha value is -0.510. The number of aliphatic hydroxyl groups is 2. The molecule has 1 rings (SSSR count). The molecule has 3 heteroatoms. The van der Waals surface area contributed by atoms with Crippen LogP contribution in [0.5, 0.6) is 0 Å². The van der Waals surface area contributed by atoms with Gasteiger partial charge in [0.05, 0.1) is 12.7 Å². The smallest absolute Gasteiger partial charge is 0.0861 e. The predicted octanol–water partition coefficient (Wildman–Crippen LogP) is 1.27. The second-order valence-electron chi connectivity index (χ2n) is 2.84. The third kappa shape index (κ3) is 4.31. The van der Waals surface area contributed by atoms with Crippen molar-refractivity contribution in [3.63, 3.8) is 0 Å². The third-order valence-corrected chi connectivity index (χ3v) is 2.79. The summed E-state index contributed by atoms with van der Waals surface area (Å²) >= 11 is 1.63. The van der Waals surface area contributed by atoms with Gasteiger partial charge in [0.1, 0.15) is 0 Å². The van der Waals surface area contributed by atoms with Gasteiger partial charge in [0.15, 0.2) is 0 Å². The number of rotatable bonds is 5. The van der Waals surface area contributed by atoms with Gasteiger partial charge in [0.25, 0.3) is 0 Å². The van der Waals surface area contributed by atoms with Crippen molar-refractivity contribution in [2.24, 2.45) is 0 Å². The molecule has 0 spiro atoms. The van der Waals surface area contributed by atoms with Crippen LogP contribution >= 0.6 is 11.8 Å². The molecular formula is C10H14O2S. The Kier molecular flexibility index (Phi) is 4.90. The van der Waals surface area contributed by atoms with Gasteiger partial charge in [-0.2, -0.15) is 11.8 Å². The van der Waals surface area contributed by atoms with Crippen molar-refractivity contribution in [1.82, 2.24) is 0 Å². The van der Waals surface area contributed by atoms with Gasteiger partial charge in [0.2, 0.25) is 0 Å². The lowest BCUT2D eigenvalue weighted by Gasteiger charge is -2.05. The first-order valence-electron chi connectivity index (χ1n) is 4.23. The lowest BCUT2D eigenvalue weighted by molar-refractivity contribution is 0.113. The molecule has 0 aliphatic heterocycles. The van der Waals surface area contributed by atoms with E-state index in [1.54, 1.807) is 11.8 Å². The molecule has 2 nitrogen and oxygen atoms in total. The van der Waals surface area contributed by atoms with Crippen LogP contribution in [0.1, 0.15) is 5.56 Å². The number of aliphatic hydroxyl groups excluding tert-OH is 2. The van der Waals surface area contributed by atoms with Gasteiger partial charge in [-0.25, -0.2) is 0 Å². The summed E-state index contributed by atoms with van der Waals surface area (Å²) in [5, 5.41) is 17.6. The minimum Gasteiger partial charge on any atom is -0.394 e. The number of thioether (sulfide) groups is 1. The fraction of sp³-hybridized carbons (Fsp3) is 0.400. The Morgan fingerprint density at radius 2 is 1.92 bits per heavy atom. The standard InChI is InChI=1S/C10H14O2S/c11-6-10(12)8-13-7-9-4-2-1-3-5-9/h1-5,10-12H,6-8H2/t10-/m1/s1. The highest BCUT2D eigenvalue weighted by Crippen LogP contribution is 2.12. The molecule has 0 bridgehead atoms. The molecule has 0 fully saturated rings. The SMILES string of the molecule is OC[C@@H](O)CSCc1ccccc1. The summed E-state index contributed by atoms with van der Waals surface area (Å²) in [5.74, 6) is 1.48. The summed E-state index contributed by atoms with van der Waals surface area (Å²) in [5.41, 5.74) is 1.25. The van der Waals surface area contributed by atoms with Crippen molar-refractivity contribution in [3.05, 3.63) is 35.9 Å². The van der Waals surface area contributed by atoms with Crippen molar-refractivity contribution in [1.29, 1.82) is 0 Å². The van der Waals surface area contributed by atoms with Crippen molar-refractivity contribution in [2.45, 2.75) is 11.9 Å². The van der Waals surface area contributed by atoms with E-state index in [9.17, 15) is 0 Å². The first-order chi connectivity index (χ1) is 6.33. The van der Waals surface area contributed by atoms with E-state index >= 15 is 0 Å². The van der Waals surface area contributed by atoms with Crippen molar-refractivity contribution in [3.8, 4) is 0 Å². The van der Waals surface area contributed by atoms with E-state index in [2.05, 4.69) is 12.1 Å². The quantitative estimate of drug-likeness (QED) is 0.748. The maximum Gasteiger partial charge on any atom is 0.0861 e. The molecule has 1 atom stereocenters. The van der Waals surface area contributed by atoms with Crippen LogP contribution in [0.3, 0.4) is 0 Å². The Morgan fingerprint density at radius 3 is 2.54 bits per heavy atom. The Labute approximate surface area is 82.6 Å². The van der Waals surface area contributed by atoms with E-state index in [4.69, 9.17) is 10.2 Å². The molecule has 1 aromatic carbocycles. The van der Waals surface area contributed by atoms with Crippen LogP contribution in [0.4, 0.5) is 0 Å². The topological polar surface area (TPSA) is 40.5 Å². The summed E-state index contributed by atoms with van der Waals surface area (Å²) in [4.78, 5) is 0. The second-order valence-corrected chi connectivity index (χ2v) is 3.87. The summed E-state index contributed by atoms with van der Waals surface area (Å²) in [7, 11) is 0. The predicted molar refractivity (Wildman–Crippen MR) is 55.7 cm³/mol. The molecule has 0 heterocycles. The highest BCUT2D eigenvalue weighted by atomic mass is 32.2. The van der Waals surface area contributed by atoms with Gasteiger partial charge in [0, 0.05) is 11.5 Å². The molecule has 2 N–H and O–H groups in total. The van der Waals surface area contributed by atoms with E-state index in [1.807, 2.05) is 18.2 Å². The Morgan fingerprint density at radius 1 is 1.23 bits per heavy atom. The van der Waals surface area contributed by atoms with E-state index < -0.39 is 6.10 Å². The molecule has 0 saturated carbocycles. The minimum absolute atomic E-state index is 0.151. The average molecular weight is 198 g/mol. The van der Waals surface area contributed by atoms with Crippen LogP contribution < -0.4 is 0 Å². The fourth-order valence-electron chi connectivity index (χ4n) is 0.940. The van der Waals surface area contributed by atoms with E-state index in [-0.39, 0.29) is 6.61 Å². The molecule has 0 aromatic heterocycles. The molecule has 1 aromatic rings. The molecule has 0 amide bonds. The summed E-state index contributed by atoms with van der Waals surface area (Å²) in [6.07, 6.45) is -0.589. The van der Waals surface area contributed by atoms with Crippen molar-refractivity contribution in [2.75, 3.05) is 12.4 Å². The molecule has 0 aliphatic rings. The zero-order chi connectivity index (χ0) is 9.52. The molecule has 72 valence electrons. The first kappa shape index (κ1) is 10.6. The maximum absolute atomic E-state index is 9.07. The fourth-order valence-corrected chi connectivity index (χ4v) is 1.86. The van der Waals surface area contributed by atoms with Crippen LogP contribution in [0.25, 0.3) is 0 Å². The molecule has 0 unspecified atom stereocenters. The van der Waals surface area contributed by atoms with Gasteiger partial charge in [-0.15, -0.1) is 0 Å². The molecule has 0 saturated heterocycles. The Bertz CT molecular complexity index is 226. The van der Waals surface area contributed by atoms with Gasteiger partial charge in [-0.1, -0.05) is 30.3 Å². The minimum atomic E-state index is -0.589. The summed E-state index contributed by atoms with van der Waals surface area (Å²) in [6.45, 7) is -0.151. The van der Waals surface area contributed by atoms with E-state index in [0.29, 0.717) is 5.75 Å². The molecule has 13 heavy (non-hydrogen) atoms. The maximum atomic E-state index is 9.07. The lowest BCUT2D eigenvalue weighted by Crippen LogP contribution is -2.14. The molecule has 0 radical (unpaired) electrons. The van der Waals surface area contributed by atoms with Gasteiger partial charge in [-0.3, -0.25) is 0 Å². The van der Waals surface area contributed by atoms with Crippen molar-refractivity contribution < 1.29 is 10.2 Å². The zero-order valence-electron chi connectivity index (χ0n) is 7.39. The van der Waals surface area contributed by atoms with Gasteiger partial charge in [-0.05, 0) is 5.56 Å². The van der Waals surface area contributed by atoms with Crippen molar-refractivity contribution >= 4 is 11.8 Å². The third-order valence-electron chi connectivity index (χ3n) is 1.63. The summed E-state index contributed by atoms with van der Waals surface area (Å²) in [6, 6.07) is 10.1. The van der Waals surface area contributed by atoms with Gasteiger partial charge >= 0.3 is 0 Å². The number of hydrogen-bond donors (Lipinski definition) is 2. The monoisotopic (exact) mass is 198 g/mol. The second kappa shape index (κ2) is 6.02. The zero-order valence-corrected chi connectivity index (χ0v) is 8.20. The van der Waals surface area contributed by atoms with Gasteiger partial charge < -0.3 is 10.2 Å². The van der Waals surface area contributed by atoms with Crippen LogP contribution in [0.15, 0.2) is 30.3 Å². The highest BCUT2D eigenvalue weighted by Gasteiger charge is 2.01. The average Bonchev–Trinajstić information content (AvgIpc) is 2.19. The van der Waals surface area contributed by atoms with Crippen LogP contribution in [0, 0.1) is 0 Å². The van der Waals surface area contributed by atoms with Crippen LogP contribution in [0.2, 0.25) is 0 Å². The Balaban J connectivity index is 2.20. The van der Waals surface area contributed by atoms with Crippen LogP contribution in [-0.2, 0) is 5.75 Å². The highest BCUT2D eigenvalue weighted by molar-refractivity contribution is 7.98. The molecule has 0 aliphatic carbocycles. The largest absolute Gasteiger partial charge is 0.394 e. The number of hydrogen-bond acceptors (Lipinski definition) is 3. The lowest BCUT2D eigenvalue weighted by atomic mass is 10.2. The number of benzene rings is 1. The van der Waals surface area contributed by atoms with E-state index in [0.717, 1.165) is 5.75 Å². The normalized spacial score (nSPS) is 12.8. The first-order valence-corrected chi connectivity index (χ1v) is 5.39. The summed E-state index contributed by atoms with van der Waals surface area (Å²) < 4.78 is 0. The van der Waals surface area contributed by atoms with E-state index in [1.165, 1.54) is 5.56 Å².